The second-order valence-electron chi connectivity index (χ2n) is 6.17. The fourth-order valence-electron chi connectivity index (χ4n) is 2.50. The third-order valence-electron chi connectivity index (χ3n) is 3.55. The van der Waals surface area contributed by atoms with Crippen LogP contribution in [0.25, 0.3) is 5.69 Å². The van der Waals surface area contributed by atoms with Gasteiger partial charge in [0.2, 0.25) is 0 Å². The number of aromatic nitrogens is 2. The molecule has 1 aromatic heterocycles. The van der Waals surface area contributed by atoms with Crippen molar-refractivity contribution in [1.29, 1.82) is 5.26 Å². The third kappa shape index (κ3) is 4.19. The number of carbonyl (C=O) groups excluding carboxylic acids is 1. The molecule has 1 N–H and O–H groups in total. The van der Waals surface area contributed by atoms with E-state index in [0.717, 1.165) is 17.1 Å². The molecule has 0 saturated heterocycles. The summed E-state index contributed by atoms with van der Waals surface area (Å²) in [6, 6.07) is 10.9. The van der Waals surface area contributed by atoms with Gasteiger partial charge in [0, 0.05) is 11.3 Å². The Hall–Kier alpha value is -2.61. The molecular weight excluding hydrogens is 288 g/mol. The van der Waals surface area contributed by atoms with Crippen molar-refractivity contribution < 1.29 is 4.79 Å². The van der Waals surface area contributed by atoms with Crippen LogP contribution in [0.5, 0.6) is 0 Å². The van der Waals surface area contributed by atoms with Crippen molar-refractivity contribution in [3.8, 4) is 11.8 Å². The van der Waals surface area contributed by atoms with E-state index < -0.39 is 6.04 Å². The van der Waals surface area contributed by atoms with Crippen LogP contribution in [-0.2, 0) is 0 Å². The summed E-state index contributed by atoms with van der Waals surface area (Å²) in [6.45, 7) is 7.99. The van der Waals surface area contributed by atoms with Gasteiger partial charge in [-0.2, -0.15) is 10.4 Å². The smallest absolute Gasteiger partial charge is 0.252 e. The Morgan fingerprint density at radius 1 is 1.30 bits per heavy atom. The van der Waals surface area contributed by atoms with E-state index in [-0.39, 0.29) is 5.91 Å². The molecule has 2 rings (SSSR count). The van der Waals surface area contributed by atoms with Crippen LogP contribution in [0.4, 0.5) is 0 Å². The zero-order valence-electron chi connectivity index (χ0n) is 14.0. The highest BCUT2D eigenvalue weighted by Crippen LogP contribution is 2.13. The predicted molar refractivity (Wildman–Crippen MR) is 89.4 cm³/mol. The second-order valence-corrected chi connectivity index (χ2v) is 6.17. The van der Waals surface area contributed by atoms with Gasteiger partial charge >= 0.3 is 0 Å². The van der Waals surface area contributed by atoms with E-state index >= 15 is 0 Å². The Bertz CT molecular complexity index is 722. The topological polar surface area (TPSA) is 70.7 Å². The number of hydrogen-bond donors (Lipinski definition) is 1. The van der Waals surface area contributed by atoms with Crippen molar-refractivity contribution in [3.05, 3.63) is 47.3 Å². The fraction of sp³-hybridized carbons (Fsp3) is 0.389. The Balaban J connectivity index is 2.11. The summed E-state index contributed by atoms with van der Waals surface area (Å²) in [5.41, 5.74) is 3.45. The van der Waals surface area contributed by atoms with Gasteiger partial charge in [-0.05, 0) is 56.5 Å². The molecule has 0 aliphatic rings. The second kappa shape index (κ2) is 7.10. The van der Waals surface area contributed by atoms with Crippen molar-refractivity contribution in [2.75, 3.05) is 0 Å². The van der Waals surface area contributed by atoms with Crippen molar-refractivity contribution in [2.24, 2.45) is 5.92 Å². The quantitative estimate of drug-likeness (QED) is 0.922. The Morgan fingerprint density at radius 2 is 1.96 bits per heavy atom. The van der Waals surface area contributed by atoms with Gasteiger partial charge in [0.05, 0.1) is 17.5 Å². The van der Waals surface area contributed by atoms with Gasteiger partial charge in [-0.1, -0.05) is 13.8 Å². The van der Waals surface area contributed by atoms with Crippen LogP contribution in [0.1, 0.15) is 42.0 Å². The molecule has 0 fully saturated rings. The summed E-state index contributed by atoms with van der Waals surface area (Å²) < 4.78 is 1.84. The maximum atomic E-state index is 12.2. The summed E-state index contributed by atoms with van der Waals surface area (Å²) >= 11 is 0. The molecule has 5 heteroatoms. The van der Waals surface area contributed by atoms with E-state index in [0.29, 0.717) is 17.9 Å². The first-order valence-electron chi connectivity index (χ1n) is 7.75. The maximum Gasteiger partial charge on any atom is 0.252 e. The number of rotatable bonds is 5. The Kier molecular flexibility index (Phi) is 5.17. The van der Waals surface area contributed by atoms with Crippen LogP contribution >= 0.6 is 0 Å². The van der Waals surface area contributed by atoms with Crippen LogP contribution in [0, 0.1) is 31.1 Å². The molecule has 0 unspecified atom stereocenters. The summed E-state index contributed by atoms with van der Waals surface area (Å²) in [5, 5.41) is 16.3. The highest BCUT2D eigenvalue weighted by Gasteiger charge is 2.14. The van der Waals surface area contributed by atoms with Crippen LogP contribution in [-0.4, -0.2) is 21.7 Å². The number of benzene rings is 1. The lowest BCUT2D eigenvalue weighted by Crippen LogP contribution is -2.34. The van der Waals surface area contributed by atoms with Crippen LogP contribution < -0.4 is 5.32 Å². The maximum absolute atomic E-state index is 12.2. The van der Waals surface area contributed by atoms with Gasteiger partial charge in [-0.3, -0.25) is 4.79 Å². The van der Waals surface area contributed by atoms with Crippen LogP contribution in [0.15, 0.2) is 30.3 Å². The largest absolute Gasteiger partial charge is 0.336 e. The van der Waals surface area contributed by atoms with Crippen molar-refractivity contribution in [2.45, 2.75) is 40.2 Å². The average molecular weight is 310 g/mol. The van der Waals surface area contributed by atoms with E-state index in [2.05, 4.69) is 16.5 Å². The number of nitriles is 1. The minimum Gasteiger partial charge on any atom is -0.336 e. The van der Waals surface area contributed by atoms with Gasteiger partial charge in [0.15, 0.2) is 0 Å². The minimum atomic E-state index is -0.460. The Morgan fingerprint density at radius 3 is 2.43 bits per heavy atom. The molecule has 1 atom stereocenters. The zero-order valence-corrected chi connectivity index (χ0v) is 14.0. The highest BCUT2D eigenvalue weighted by atomic mass is 16.1. The average Bonchev–Trinajstić information content (AvgIpc) is 2.84. The van der Waals surface area contributed by atoms with Gasteiger partial charge in [-0.15, -0.1) is 0 Å². The summed E-state index contributed by atoms with van der Waals surface area (Å²) in [4.78, 5) is 12.2. The number of amides is 1. The summed E-state index contributed by atoms with van der Waals surface area (Å²) in [7, 11) is 0. The molecule has 23 heavy (non-hydrogen) atoms. The van der Waals surface area contributed by atoms with E-state index in [9.17, 15) is 4.79 Å². The number of nitrogens with one attached hydrogen (secondary N) is 1. The third-order valence-corrected chi connectivity index (χ3v) is 3.55. The fourth-order valence-corrected chi connectivity index (χ4v) is 2.50. The molecule has 1 amide bonds. The predicted octanol–water partition coefficient (Wildman–Crippen LogP) is 3.16. The number of aryl methyl sites for hydroxylation is 2. The van der Waals surface area contributed by atoms with Gasteiger partial charge < -0.3 is 5.32 Å². The van der Waals surface area contributed by atoms with Gasteiger partial charge in [-0.25, -0.2) is 4.68 Å². The standard InChI is InChI=1S/C18H22N4O/c1-12(2)9-16(11-19)20-18(23)15-5-7-17(8-6-15)22-14(4)10-13(3)21-22/h5-8,10,12,16H,9H2,1-4H3,(H,20,23)/t16-/m1/s1. The monoisotopic (exact) mass is 310 g/mol. The molecule has 1 heterocycles. The van der Waals surface area contributed by atoms with E-state index in [1.165, 1.54) is 0 Å². The molecule has 2 aromatic rings. The molecule has 0 aliphatic heterocycles. The molecule has 0 radical (unpaired) electrons. The molecule has 0 spiro atoms. The number of carbonyl (C=O) groups is 1. The minimum absolute atomic E-state index is 0.225. The first-order chi connectivity index (χ1) is 10.9. The SMILES string of the molecule is Cc1cc(C)n(-c2ccc(C(=O)N[C@@H](C#N)CC(C)C)cc2)n1. The van der Waals surface area contributed by atoms with E-state index in [1.807, 2.05) is 50.6 Å². The molecule has 1 aromatic carbocycles. The van der Waals surface area contributed by atoms with E-state index in [1.54, 1.807) is 12.1 Å². The first-order valence-corrected chi connectivity index (χ1v) is 7.75. The van der Waals surface area contributed by atoms with Crippen molar-refractivity contribution in [3.63, 3.8) is 0 Å². The lowest BCUT2D eigenvalue weighted by atomic mass is 10.0. The zero-order chi connectivity index (χ0) is 17.0. The lowest BCUT2D eigenvalue weighted by molar-refractivity contribution is 0.0942. The molecule has 0 saturated carbocycles. The number of hydrogen-bond acceptors (Lipinski definition) is 3. The molecule has 0 aliphatic carbocycles. The highest BCUT2D eigenvalue weighted by molar-refractivity contribution is 5.94. The first kappa shape index (κ1) is 16.8. The molecule has 0 bridgehead atoms. The normalized spacial score (nSPS) is 12.0. The van der Waals surface area contributed by atoms with Crippen molar-refractivity contribution in [1.82, 2.24) is 15.1 Å². The molecular formula is C18H22N4O. The van der Waals surface area contributed by atoms with E-state index in [4.69, 9.17) is 5.26 Å². The number of nitrogens with zero attached hydrogens (tertiary/aromatic N) is 3. The molecule has 5 nitrogen and oxygen atoms in total. The summed E-state index contributed by atoms with van der Waals surface area (Å²) in [6.07, 6.45) is 0.645. The van der Waals surface area contributed by atoms with Gasteiger partial charge in [0.25, 0.3) is 5.91 Å². The summed E-state index contributed by atoms with van der Waals surface area (Å²) in [5.74, 6) is 0.130. The van der Waals surface area contributed by atoms with Crippen molar-refractivity contribution >= 4 is 5.91 Å². The van der Waals surface area contributed by atoms with Crippen LogP contribution in [0.2, 0.25) is 0 Å². The Labute approximate surface area is 136 Å². The lowest BCUT2D eigenvalue weighted by Gasteiger charge is -2.14. The van der Waals surface area contributed by atoms with Crippen LogP contribution in [0.3, 0.4) is 0 Å². The molecule has 120 valence electrons. The van der Waals surface area contributed by atoms with Gasteiger partial charge in [0.1, 0.15) is 6.04 Å².